The number of esters is 1. The third-order valence-electron chi connectivity index (χ3n) is 2.48. The minimum absolute atomic E-state index is 0.134. The molecule has 0 aliphatic carbocycles. The number of methoxy groups -OCH3 is 1. The summed E-state index contributed by atoms with van der Waals surface area (Å²) in [6.07, 6.45) is 1.78. The highest BCUT2D eigenvalue weighted by atomic mass is 32.2. The van der Waals surface area contributed by atoms with Gasteiger partial charge in [0.15, 0.2) is 0 Å². The lowest BCUT2D eigenvalue weighted by molar-refractivity contribution is -0.141. The Hall–Kier alpha value is -0.220. The van der Waals surface area contributed by atoms with E-state index < -0.39 is 0 Å². The van der Waals surface area contributed by atoms with E-state index in [-0.39, 0.29) is 12.0 Å². The standard InChI is InChI=1S/C10H19NO2S/c1-8(5-10(12)13-2)11-6-9-3-4-14-7-9/h8-9,11H,3-7H2,1-2H3. The van der Waals surface area contributed by atoms with E-state index >= 15 is 0 Å². The second kappa shape index (κ2) is 6.30. The summed E-state index contributed by atoms with van der Waals surface area (Å²) < 4.78 is 4.61. The minimum atomic E-state index is -0.134. The Balaban J connectivity index is 2.07. The van der Waals surface area contributed by atoms with Gasteiger partial charge in [-0.1, -0.05) is 0 Å². The highest BCUT2D eigenvalue weighted by Gasteiger charge is 2.16. The van der Waals surface area contributed by atoms with Crippen molar-refractivity contribution in [2.75, 3.05) is 25.2 Å². The molecule has 0 spiro atoms. The van der Waals surface area contributed by atoms with Crippen molar-refractivity contribution in [1.29, 1.82) is 0 Å². The van der Waals surface area contributed by atoms with E-state index in [2.05, 4.69) is 10.1 Å². The average molecular weight is 217 g/mol. The molecular weight excluding hydrogens is 198 g/mol. The Labute approximate surface area is 90.0 Å². The van der Waals surface area contributed by atoms with E-state index in [4.69, 9.17) is 0 Å². The quantitative estimate of drug-likeness (QED) is 0.704. The van der Waals surface area contributed by atoms with Gasteiger partial charge in [0.2, 0.25) is 0 Å². The Morgan fingerprint density at radius 1 is 1.71 bits per heavy atom. The van der Waals surface area contributed by atoms with E-state index in [9.17, 15) is 4.79 Å². The van der Waals surface area contributed by atoms with Crippen molar-refractivity contribution in [1.82, 2.24) is 5.32 Å². The molecule has 1 rings (SSSR count). The first-order valence-corrected chi connectivity index (χ1v) is 6.25. The lowest BCUT2D eigenvalue weighted by Gasteiger charge is -2.15. The van der Waals surface area contributed by atoms with Gasteiger partial charge in [-0.25, -0.2) is 0 Å². The molecule has 1 aliphatic heterocycles. The normalized spacial score (nSPS) is 23.4. The Morgan fingerprint density at radius 2 is 2.50 bits per heavy atom. The second-order valence-corrected chi connectivity index (χ2v) is 4.97. The number of hydrogen-bond donors (Lipinski definition) is 1. The SMILES string of the molecule is COC(=O)CC(C)NCC1CCSC1. The van der Waals surface area contributed by atoms with E-state index in [0.29, 0.717) is 6.42 Å². The summed E-state index contributed by atoms with van der Waals surface area (Å²) in [5.41, 5.74) is 0. The van der Waals surface area contributed by atoms with Gasteiger partial charge >= 0.3 is 5.97 Å². The zero-order chi connectivity index (χ0) is 10.4. The first-order valence-electron chi connectivity index (χ1n) is 5.10. The molecule has 1 N–H and O–H groups in total. The molecule has 0 bridgehead atoms. The summed E-state index contributed by atoms with van der Waals surface area (Å²) in [5, 5.41) is 3.38. The van der Waals surface area contributed by atoms with Crippen LogP contribution in [0.1, 0.15) is 19.8 Å². The van der Waals surface area contributed by atoms with Crippen molar-refractivity contribution in [3.8, 4) is 0 Å². The number of rotatable bonds is 5. The predicted octanol–water partition coefficient (Wildman–Crippen LogP) is 1.28. The van der Waals surface area contributed by atoms with Gasteiger partial charge in [0, 0.05) is 6.04 Å². The van der Waals surface area contributed by atoms with Crippen LogP contribution in [-0.4, -0.2) is 37.2 Å². The molecule has 0 aromatic rings. The number of thioether (sulfide) groups is 1. The fourth-order valence-electron chi connectivity index (χ4n) is 1.52. The molecule has 1 fully saturated rings. The summed E-state index contributed by atoms with van der Waals surface area (Å²) in [7, 11) is 1.43. The monoisotopic (exact) mass is 217 g/mol. The molecule has 1 saturated heterocycles. The van der Waals surface area contributed by atoms with E-state index in [1.807, 2.05) is 18.7 Å². The van der Waals surface area contributed by atoms with Gasteiger partial charge in [0.1, 0.15) is 0 Å². The number of ether oxygens (including phenoxy) is 1. The predicted molar refractivity (Wildman–Crippen MR) is 59.5 cm³/mol. The molecule has 0 aromatic carbocycles. The fourth-order valence-corrected chi connectivity index (χ4v) is 2.80. The zero-order valence-corrected chi connectivity index (χ0v) is 9.73. The molecule has 0 saturated carbocycles. The molecule has 4 heteroatoms. The van der Waals surface area contributed by atoms with Gasteiger partial charge in [0.05, 0.1) is 13.5 Å². The van der Waals surface area contributed by atoms with E-state index in [1.54, 1.807) is 0 Å². The third kappa shape index (κ3) is 4.33. The summed E-state index contributed by atoms with van der Waals surface area (Å²) in [6, 6.07) is 0.230. The van der Waals surface area contributed by atoms with Crippen molar-refractivity contribution in [3.05, 3.63) is 0 Å². The van der Waals surface area contributed by atoms with E-state index in [1.165, 1.54) is 25.0 Å². The number of hydrogen-bond acceptors (Lipinski definition) is 4. The maximum atomic E-state index is 11.0. The van der Waals surface area contributed by atoms with Crippen LogP contribution in [0.4, 0.5) is 0 Å². The van der Waals surface area contributed by atoms with Crippen LogP contribution in [0.5, 0.6) is 0 Å². The first-order chi connectivity index (χ1) is 6.72. The maximum Gasteiger partial charge on any atom is 0.307 e. The van der Waals surface area contributed by atoms with Crippen LogP contribution in [0.3, 0.4) is 0 Å². The van der Waals surface area contributed by atoms with Crippen LogP contribution < -0.4 is 5.32 Å². The topological polar surface area (TPSA) is 38.3 Å². The smallest absolute Gasteiger partial charge is 0.307 e. The Morgan fingerprint density at radius 3 is 3.07 bits per heavy atom. The van der Waals surface area contributed by atoms with Gasteiger partial charge in [-0.15, -0.1) is 0 Å². The van der Waals surface area contributed by atoms with Crippen LogP contribution >= 0.6 is 11.8 Å². The van der Waals surface area contributed by atoms with Crippen LogP contribution in [0.2, 0.25) is 0 Å². The van der Waals surface area contributed by atoms with Crippen LogP contribution in [0, 0.1) is 5.92 Å². The Kier molecular flexibility index (Phi) is 5.33. The molecule has 14 heavy (non-hydrogen) atoms. The van der Waals surface area contributed by atoms with Crippen molar-refractivity contribution in [3.63, 3.8) is 0 Å². The summed E-state index contributed by atoms with van der Waals surface area (Å²) in [4.78, 5) is 11.0. The van der Waals surface area contributed by atoms with Crippen molar-refractivity contribution < 1.29 is 9.53 Å². The van der Waals surface area contributed by atoms with Gasteiger partial charge in [-0.3, -0.25) is 4.79 Å². The van der Waals surface area contributed by atoms with Gasteiger partial charge in [-0.05, 0) is 37.3 Å². The van der Waals surface area contributed by atoms with Gasteiger partial charge in [0.25, 0.3) is 0 Å². The third-order valence-corrected chi connectivity index (χ3v) is 3.71. The Bertz CT molecular complexity index is 181. The van der Waals surface area contributed by atoms with Gasteiger partial charge in [-0.2, -0.15) is 11.8 Å². The number of carbonyl (C=O) groups excluding carboxylic acids is 1. The fraction of sp³-hybridized carbons (Fsp3) is 0.900. The summed E-state index contributed by atoms with van der Waals surface area (Å²) in [5.74, 6) is 3.21. The molecular formula is C10H19NO2S. The lowest BCUT2D eigenvalue weighted by Crippen LogP contribution is -2.33. The minimum Gasteiger partial charge on any atom is -0.469 e. The highest BCUT2D eigenvalue weighted by molar-refractivity contribution is 7.99. The summed E-state index contributed by atoms with van der Waals surface area (Å²) in [6.45, 7) is 3.06. The van der Waals surface area contributed by atoms with Crippen LogP contribution in [0.25, 0.3) is 0 Å². The van der Waals surface area contributed by atoms with Crippen LogP contribution in [-0.2, 0) is 9.53 Å². The molecule has 2 unspecified atom stereocenters. The van der Waals surface area contributed by atoms with Crippen molar-refractivity contribution in [2.24, 2.45) is 5.92 Å². The summed E-state index contributed by atoms with van der Waals surface area (Å²) >= 11 is 2.02. The molecule has 82 valence electrons. The maximum absolute atomic E-state index is 11.0. The van der Waals surface area contributed by atoms with E-state index in [0.717, 1.165) is 12.5 Å². The molecule has 3 nitrogen and oxygen atoms in total. The average Bonchev–Trinajstić information content (AvgIpc) is 2.67. The number of carbonyl (C=O) groups is 1. The molecule has 0 amide bonds. The molecule has 0 aromatic heterocycles. The molecule has 0 radical (unpaired) electrons. The van der Waals surface area contributed by atoms with Crippen molar-refractivity contribution >= 4 is 17.7 Å². The first kappa shape index (κ1) is 11.9. The largest absolute Gasteiger partial charge is 0.469 e. The number of nitrogens with one attached hydrogen (secondary N) is 1. The second-order valence-electron chi connectivity index (χ2n) is 3.82. The van der Waals surface area contributed by atoms with Gasteiger partial charge < -0.3 is 10.1 Å². The lowest BCUT2D eigenvalue weighted by atomic mass is 10.1. The molecule has 1 aliphatic rings. The molecule has 2 atom stereocenters. The zero-order valence-electron chi connectivity index (χ0n) is 8.91. The van der Waals surface area contributed by atoms with Crippen LogP contribution in [0.15, 0.2) is 0 Å². The van der Waals surface area contributed by atoms with Crippen molar-refractivity contribution in [2.45, 2.75) is 25.8 Å². The molecule has 1 heterocycles. The highest BCUT2D eigenvalue weighted by Crippen LogP contribution is 2.22.